The Morgan fingerprint density at radius 1 is 1.07 bits per heavy atom. The summed E-state index contributed by atoms with van der Waals surface area (Å²) in [7, 11) is 0. The molecule has 0 aliphatic heterocycles. The summed E-state index contributed by atoms with van der Waals surface area (Å²) in [6.07, 6.45) is 2.70. The van der Waals surface area contributed by atoms with Crippen LogP contribution in [0.4, 0.5) is 8.78 Å². The molecule has 2 aromatic carbocycles. The van der Waals surface area contributed by atoms with Gasteiger partial charge in [-0.2, -0.15) is 0 Å². The van der Waals surface area contributed by atoms with Crippen molar-refractivity contribution in [2.45, 2.75) is 39.7 Å². The summed E-state index contributed by atoms with van der Waals surface area (Å²) in [6.45, 7) is 4.30. The molecule has 0 unspecified atom stereocenters. The van der Waals surface area contributed by atoms with Crippen molar-refractivity contribution in [2.75, 3.05) is 0 Å². The zero-order valence-electron chi connectivity index (χ0n) is 16.1. The lowest BCUT2D eigenvalue weighted by molar-refractivity contribution is 0.1000. The number of aromatic nitrogens is 1. The van der Waals surface area contributed by atoms with Crippen molar-refractivity contribution in [3.8, 4) is 11.1 Å². The maximum Gasteiger partial charge on any atom is 0.251 e. The number of nitrogens with zero attached hydrogens (tertiary/aromatic N) is 1. The quantitative estimate of drug-likeness (QED) is 0.597. The second kappa shape index (κ2) is 8.38. The second-order valence-electron chi connectivity index (χ2n) is 6.95. The van der Waals surface area contributed by atoms with Crippen LogP contribution in [0.2, 0.25) is 0 Å². The topological polar surface area (TPSA) is 48.0 Å². The Kier molecular flexibility index (Phi) is 5.93. The average Bonchev–Trinajstić information content (AvgIpc) is 2.95. The van der Waals surface area contributed by atoms with Crippen LogP contribution in [0.1, 0.15) is 47.1 Å². The van der Waals surface area contributed by atoms with E-state index in [9.17, 15) is 13.6 Å². The van der Waals surface area contributed by atoms with Crippen LogP contribution in [0.25, 0.3) is 11.1 Å². The molecule has 0 fully saturated rings. The SMILES string of the molecule is CCCCc1c(-c2ccccc2)c(C(N)=O)c(C)n1Cc1ccc(F)c(F)c1. The van der Waals surface area contributed by atoms with E-state index in [1.165, 1.54) is 6.07 Å². The number of nitrogens with two attached hydrogens (primary N) is 1. The molecule has 3 rings (SSSR count). The van der Waals surface area contributed by atoms with Crippen molar-refractivity contribution in [1.29, 1.82) is 0 Å². The normalized spacial score (nSPS) is 11.0. The first-order valence-corrected chi connectivity index (χ1v) is 9.45. The van der Waals surface area contributed by atoms with Crippen LogP contribution in [-0.2, 0) is 13.0 Å². The molecule has 146 valence electrons. The van der Waals surface area contributed by atoms with Gasteiger partial charge in [0.25, 0.3) is 5.91 Å². The van der Waals surface area contributed by atoms with Crippen LogP contribution in [0.5, 0.6) is 0 Å². The van der Waals surface area contributed by atoms with Gasteiger partial charge in [-0.1, -0.05) is 49.7 Å². The first-order chi connectivity index (χ1) is 13.4. The Labute approximate surface area is 163 Å². The maximum atomic E-state index is 13.7. The highest BCUT2D eigenvalue weighted by Gasteiger charge is 2.24. The molecule has 1 aromatic heterocycles. The molecule has 0 saturated heterocycles. The Morgan fingerprint density at radius 3 is 2.39 bits per heavy atom. The van der Waals surface area contributed by atoms with Gasteiger partial charge >= 0.3 is 0 Å². The van der Waals surface area contributed by atoms with Crippen molar-refractivity contribution >= 4 is 5.91 Å². The van der Waals surface area contributed by atoms with Crippen molar-refractivity contribution < 1.29 is 13.6 Å². The lowest BCUT2D eigenvalue weighted by Gasteiger charge is -2.14. The van der Waals surface area contributed by atoms with Gasteiger partial charge in [0.2, 0.25) is 0 Å². The van der Waals surface area contributed by atoms with Crippen molar-refractivity contribution in [3.63, 3.8) is 0 Å². The number of primary amides is 1. The molecule has 0 bridgehead atoms. The maximum absolute atomic E-state index is 13.7. The minimum Gasteiger partial charge on any atom is -0.366 e. The van der Waals surface area contributed by atoms with Crippen LogP contribution < -0.4 is 5.73 Å². The van der Waals surface area contributed by atoms with Gasteiger partial charge in [-0.25, -0.2) is 8.78 Å². The monoisotopic (exact) mass is 382 g/mol. The third-order valence-corrected chi connectivity index (χ3v) is 5.03. The van der Waals surface area contributed by atoms with Gasteiger partial charge < -0.3 is 10.3 Å². The van der Waals surface area contributed by atoms with E-state index in [4.69, 9.17) is 5.73 Å². The predicted octanol–water partition coefficient (Wildman–Crippen LogP) is 5.23. The van der Waals surface area contributed by atoms with Gasteiger partial charge in [0.05, 0.1) is 5.56 Å². The molecule has 5 heteroatoms. The number of rotatable bonds is 7. The number of hydrogen-bond donors (Lipinski definition) is 1. The fraction of sp³-hybridized carbons (Fsp3) is 0.261. The van der Waals surface area contributed by atoms with Crippen LogP contribution >= 0.6 is 0 Å². The van der Waals surface area contributed by atoms with Gasteiger partial charge in [0, 0.05) is 23.5 Å². The first-order valence-electron chi connectivity index (χ1n) is 9.45. The smallest absolute Gasteiger partial charge is 0.251 e. The van der Waals surface area contributed by atoms with Crippen molar-refractivity contribution in [2.24, 2.45) is 5.73 Å². The molecule has 0 spiro atoms. The molecular weight excluding hydrogens is 358 g/mol. The minimum atomic E-state index is -0.879. The predicted molar refractivity (Wildman–Crippen MR) is 107 cm³/mol. The van der Waals surface area contributed by atoms with E-state index >= 15 is 0 Å². The molecule has 28 heavy (non-hydrogen) atoms. The van der Waals surface area contributed by atoms with Crippen molar-refractivity contribution in [1.82, 2.24) is 4.57 Å². The summed E-state index contributed by atoms with van der Waals surface area (Å²) in [6, 6.07) is 13.6. The Morgan fingerprint density at radius 2 is 1.79 bits per heavy atom. The number of unbranched alkanes of at least 4 members (excludes halogenated alkanes) is 1. The van der Waals surface area contributed by atoms with E-state index in [-0.39, 0.29) is 0 Å². The number of carbonyl (C=O) groups excluding carboxylic acids is 1. The number of benzene rings is 2. The zero-order chi connectivity index (χ0) is 20.3. The highest BCUT2D eigenvalue weighted by Crippen LogP contribution is 2.34. The summed E-state index contributed by atoms with van der Waals surface area (Å²) in [5.41, 5.74) is 10.3. The van der Waals surface area contributed by atoms with Crippen LogP contribution in [0.15, 0.2) is 48.5 Å². The van der Waals surface area contributed by atoms with Crippen LogP contribution in [-0.4, -0.2) is 10.5 Å². The van der Waals surface area contributed by atoms with Crippen LogP contribution in [0.3, 0.4) is 0 Å². The molecule has 0 radical (unpaired) electrons. The molecule has 0 aliphatic rings. The molecule has 0 atom stereocenters. The molecule has 1 amide bonds. The summed E-state index contributed by atoms with van der Waals surface area (Å²) >= 11 is 0. The highest BCUT2D eigenvalue weighted by atomic mass is 19.2. The van der Waals surface area contributed by atoms with Crippen molar-refractivity contribution in [3.05, 3.63) is 82.7 Å². The third-order valence-electron chi connectivity index (χ3n) is 5.03. The van der Waals surface area contributed by atoms with E-state index in [0.717, 1.165) is 47.8 Å². The molecule has 2 N–H and O–H groups in total. The molecule has 3 aromatic rings. The lowest BCUT2D eigenvalue weighted by Crippen LogP contribution is -2.13. The number of halogens is 2. The standard InChI is InChI=1S/C23H24F2N2O/c1-3-4-10-20-22(17-8-6-5-7-9-17)21(23(26)28)15(2)27(20)14-16-11-12-18(24)19(25)13-16/h5-9,11-13H,3-4,10,14H2,1-2H3,(H2,26,28). The fourth-order valence-electron chi connectivity index (χ4n) is 3.65. The van der Waals surface area contributed by atoms with E-state index in [1.54, 1.807) is 6.07 Å². The fourth-order valence-corrected chi connectivity index (χ4v) is 3.65. The van der Waals surface area contributed by atoms with Gasteiger partial charge in [0.15, 0.2) is 11.6 Å². The zero-order valence-corrected chi connectivity index (χ0v) is 16.1. The average molecular weight is 382 g/mol. The lowest BCUT2D eigenvalue weighted by atomic mass is 9.97. The molecule has 0 saturated carbocycles. The Balaban J connectivity index is 2.20. The summed E-state index contributed by atoms with van der Waals surface area (Å²) in [5, 5.41) is 0. The second-order valence-corrected chi connectivity index (χ2v) is 6.95. The molecule has 1 heterocycles. The Hall–Kier alpha value is -2.95. The van der Waals surface area contributed by atoms with Crippen LogP contribution in [0, 0.1) is 18.6 Å². The third kappa shape index (κ3) is 3.84. The van der Waals surface area contributed by atoms with Gasteiger partial charge in [-0.05, 0) is 43.0 Å². The highest BCUT2D eigenvalue weighted by molar-refractivity contribution is 6.02. The molecule has 0 aliphatic carbocycles. The van der Waals surface area contributed by atoms with E-state index in [0.29, 0.717) is 17.7 Å². The number of carbonyl (C=O) groups is 1. The summed E-state index contributed by atoms with van der Waals surface area (Å²) < 4.78 is 29.0. The minimum absolute atomic E-state index is 0.342. The van der Waals surface area contributed by atoms with Gasteiger partial charge in [-0.3, -0.25) is 4.79 Å². The number of amides is 1. The molecule has 3 nitrogen and oxygen atoms in total. The van der Waals surface area contributed by atoms with E-state index in [1.807, 2.05) is 41.8 Å². The first kappa shape index (κ1) is 19.8. The van der Waals surface area contributed by atoms with Gasteiger partial charge in [0.1, 0.15) is 0 Å². The summed E-state index contributed by atoms with van der Waals surface area (Å²) in [4.78, 5) is 12.3. The largest absolute Gasteiger partial charge is 0.366 e. The number of hydrogen-bond acceptors (Lipinski definition) is 1. The van der Waals surface area contributed by atoms with Gasteiger partial charge in [-0.15, -0.1) is 0 Å². The molecular formula is C23H24F2N2O. The Bertz CT molecular complexity index is 994. The summed E-state index contributed by atoms with van der Waals surface area (Å²) in [5.74, 6) is -2.24. The van der Waals surface area contributed by atoms with E-state index in [2.05, 4.69) is 6.92 Å². The van der Waals surface area contributed by atoms with E-state index < -0.39 is 17.5 Å².